The quantitative estimate of drug-likeness (QED) is 0.352. The molecule has 1 amide bonds. The number of hydrogen-bond acceptors (Lipinski definition) is 6. The molecule has 9 nitrogen and oxygen atoms in total. The number of carboxylic acids is 1. The highest BCUT2D eigenvalue weighted by molar-refractivity contribution is 5.93. The Labute approximate surface area is 196 Å². The number of hydrogen-bond donors (Lipinski definition) is 5. The van der Waals surface area contributed by atoms with E-state index in [0.717, 1.165) is 22.2 Å². The Morgan fingerprint density at radius 1 is 1.15 bits per heavy atom. The first kappa shape index (κ1) is 23.3. The Morgan fingerprint density at radius 2 is 1.88 bits per heavy atom. The van der Waals surface area contributed by atoms with Crippen molar-refractivity contribution in [2.45, 2.75) is 38.4 Å². The van der Waals surface area contributed by atoms with Gasteiger partial charge < -0.3 is 25.3 Å². The molecule has 3 aromatic rings. The number of nitrogens with one attached hydrogen (secondary N) is 3. The predicted molar refractivity (Wildman–Crippen MR) is 125 cm³/mol. The van der Waals surface area contributed by atoms with Crippen LogP contribution in [0.3, 0.4) is 0 Å². The van der Waals surface area contributed by atoms with Crippen LogP contribution in [0.25, 0.3) is 10.9 Å². The van der Waals surface area contributed by atoms with Crippen LogP contribution in [0.15, 0.2) is 42.5 Å². The van der Waals surface area contributed by atoms with Gasteiger partial charge in [0.1, 0.15) is 17.4 Å². The normalized spacial score (nSPS) is 18.4. The number of H-pyrrole nitrogens is 1. The average Bonchev–Trinajstić information content (AvgIpc) is 3.20. The summed E-state index contributed by atoms with van der Waals surface area (Å²) < 4.78 is 4.78. The van der Waals surface area contributed by atoms with Crippen molar-refractivity contribution in [1.82, 2.24) is 15.6 Å². The highest BCUT2D eigenvalue weighted by Gasteiger charge is 2.36. The molecule has 1 aliphatic heterocycles. The zero-order valence-electron chi connectivity index (χ0n) is 19.1. The number of benzene rings is 2. The van der Waals surface area contributed by atoms with Gasteiger partial charge in [0.05, 0.1) is 19.2 Å². The van der Waals surface area contributed by atoms with Crippen molar-refractivity contribution >= 4 is 28.7 Å². The van der Waals surface area contributed by atoms with Crippen LogP contribution in [0.4, 0.5) is 0 Å². The molecular weight excluding hydrogens is 438 g/mol. The number of fused-ring (bicyclic) bond motifs is 3. The fourth-order valence-corrected chi connectivity index (χ4v) is 4.44. The number of aromatic amines is 1. The maximum atomic E-state index is 13.2. The largest absolute Gasteiger partial charge is 0.507 e. The van der Waals surface area contributed by atoms with Crippen LogP contribution in [0.2, 0.25) is 0 Å². The monoisotopic (exact) mass is 465 g/mol. The predicted octanol–water partition coefficient (Wildman–Crippen LogP) is 2.49. The Hall–Kier alpha value is -3.85. The minimum atomic E-state index is -1.09. The highest BCUT2D eigenvalue weighted by Crippen LogP contribution is 2.36. The minimum absolute atomic E-state index is 0.0109. The topological polar surface area (TPSA) is 141 Å². The first-order valence-corrected chi connectivity index (χ1v) is 11.0. The summed E-state index contributed by atoms with van der Waals surface area (Å²) in [5.41, 5.74) is 3.32. The van der Waals surface area contributed by atoms with Crippen molar-refractivity contribution in [3.63, 3.8) is 0 Å². The second-order valence-electron chi connectivity index (χ2n) is 8.76. The van der Waals surface area contributed by atoms with Gasteiger partial charge in [-0.1, -0.05) is 38.1 Å². The van der Waals surface area contributed by atoms with Gasteiger partial charge in [0.2, 0.25) is 5.91 Å². The van der Waals surface area contributed by atoms with Gasteiger partial charge in [0.25, 0.3) is 0 Å². The lowest BCUT2D eigenvalue weighted by molar-refractivity contribution is -0.143. The first-order valence-electron chi connectivity index (χ1n) is 11.0. The van der Waals surface area contributed by atoms with Gasteiger partial charge in [-0.15, -0.1) is 0 Å². The molecular formula is C25H27N3O6. The summed E-state index contributed by atoms with van der Waals surface area (Å²) >= 11 is 0. The number of phenols is 1. The number of aromatic nitrogens is 1. The molecule has 0 spiro atoms. The SMILES string of the molecule is COC(=O)c1cc([C@H]2N[C@H](C(=O)N[C@H](C(=O)O)C(C)C)Cc3c2[nH]c2ccccc32)ccc1O. The first-order chi connectivity index (χ1) is 16.2. The van der Waals surface area contributed by atoms with Gasteiger partial charge in [-0.2, -0.15) is 0 Å². The lowest BCUT2D eigenvalue weighted by Gasteiger charge is -2.32. The summed E-state index contributed by atoms with van der Waals surface area (Å²) in [6, 6.07) is 10.1. The fraction of sp³-hybridized carbons (Fsp3) is 0.320. The van der Waals surface area contributed by atoms with Crippen LogP contribution in [0.5, 0.6) is 5.75 Å². The average molecular weight is 466 g/mol. The molecule has 2 aromatic carbocycles. The number of ether oxygens (including phenoxy) is 1. The van der Waals surface area contributed by atoms with Crippen molar-refractivity contribution in [3.8, 4) is 5.75 Å². The number of para-hydroxylation sites is 1. The van der Waals surface area contributed by atoms with Gasteiger partial charge in [-0.3, -0.25) is 10.1 Å². The van der Waals surface area contributed by atoms with Gasteiger partial charge in [0, 0.05) is 16.6 Å². The summed E-state index contributed by atoms with van der Waals surface area (Å²) in [7, 11) is 1.23. The zero-order valence-corrected chi connectivity index (χ0v) is 19.1. The Morgan fingerprint density at radius 3 is 2.56 bits per heavy atom. The molecule has 0 unspecified atom stereocenters. The van der Waals surface area contributed by atoms with Crippen LogP contribution in [0, 0.1) is 5.92 Å². The molecule has 178 valence electrons. The molecule has 9 heteroatoms. The maximum Gasteiger partial charge on any atom is 0.341 e. The lowest BCUT2D eigenvalue weighted by atomic mass is 9.89. The third kappa shape index (κ3) is 4.22. The van der Waals surface area contributed by atoms with Crippen molar-refractivity contribution in [2.75, 3.05) is 7.11 Å². The molecule has 34 heavy (non-hydrogen) atoms. The van der Waals surface area contributed by atoms with E-state index in [1.165, 1.54) is 19.2 Å². The Balaban J connectivity index is 1.77. The summed E-state index contributed by atoms with van der Waals surface area (Å²) in [5.74, 6) is -2.69. The second kappa shape index (κ2) is 9.18. The van der Waals surface area contributed by atoms with Crippen LogP contribution in [0.1, 0.15) is 47.1 Å². The number of esters is 1. The van der Waals surface area contributed by atoms with Crippen LogP contribution < -0.4 is 10.6 Å². The fourth-order valence-electron chi connectivity index (χ4n) is 4.44. The smallest absolute Gasteiger partial charge is 0.341 e. The van der Waals surface area contributed by atoms with Crippen molar-refractivity contribution in [2.24, 2.45) is 5.92 Å². The Kier molecular flexibility index (Phi) is 6.30. The summed E-state index contributed by atoms with van der Waals surface area (Å²) in [6.07, 6.45) is 0.355. The van der Waals surface area contributed by atoms with E-state index < -0.39 is 36.0 Å². The summed E-state index contributed by atoms with van der Waals surface area (Å²) in [4.78, 5) is 40.4. The van der Waals surface area contributed by atoms with Crippen molar-refractivity contribution in [3.05, 3.63) is 64.8 Å². The van der Waals surface area contributed by atoms with E-state index in [-0.39, 0.29) is 17.2 Å². The van der Waals surface area contributed by atoms with E-state index in [1.807, 2.05) is 24.3 Å². The van der Waals surface area contributed by atoms with Gasteiger partial charge >= 0.3 is 11.9 Å². The number of phenolic OH excluding ortho intramolecular Hbond substituents is 1. The molecule has 0 fully saturated rings. The van der Waals surface area contributed by atoms with E-state index in [1.54, 1.807) is 19.9 Å². The molecule has 0 saturated heterocycles. The number of rotatable bonds is 6. The molecule has 3 atom stereocenters. The molecule has 0 saturated carbocycles. The van der Waals surface area contributed by atoms with Gasteiger partial charge in [0.15, 0.2) is 0 Å². The summed E-state index contributed by atoms with van der Waals surface area (Å²) in [6.45, 7) is 3.47. The van der Waals surface area contributed by atoms with Crippen LogP contribution in [-0.4, -0.2) is 52.2 Å². The Bertz CT molecular complexity index is 1260. The number of carbonyl (C=O) groups is 3. The molecule has 0 bridgehead atoms. The molecule has 1 aliphatic rings. The van der Waals surface area contributed by atoms with Crippen molar-refractivity contribution < 1.29 is 29.3 Å². The van der Waals surface area contributed by atoms with Crippen LogP contribution >= 0.6 is 0 Å². The van der Waals surface area contributed by atoms with Crippen LogP contribution in [-0.2, 0) is 20.7 Å². The number of methoxy groups -OCH3 is 1. The number of carboxylic acid groups (broad SMARTS) is 1. The molecule has 1 aromatic heterocycles. The third-order valence-electron chi connectivity index (χ3n) is 6.22. The number of aromatic hydroxyl groups is 1. The number of carbonyl (C=O) groups excluding carboxylic acids is 2. The van der Waals surface area contributed by atoms with E-state index in [4.69, 9.17) is 4.74 Å². The minimum Gasteiger partial charge on any atom is -0.507 e. The highest BCUT2D eigenvalue weighted by atomic mass is 16.5. The van der Waals surface area contributed by atoms with Gasteiger partial charge in [-0.25, -0.2) is 9.59 Å². The van der Waals surface area contributed by atoms with Crippen molar-refractivity contribution in [1.29, 1.82) is 0 Å². The van der Waals surface area contributed by atoms with E-state index >= 15 is 0 Å². The number of aliphatic carboxylic acids is 1. The van der Waals surface area contributed by atoms with E-state index in [9.17, 15) is 24.6 Å². The maximum absolute atomic E-state index is 13.2. The lowest BCUT2D eigenvalue weighted by Crippen LogP contribution is -2.54. The third-order valence-corrected chi connectivity index (χ3v) is 6.22. The standard InChI is InChI=1S/C25H27N3O6/c1-12(2)20(24(31)32)28-23(30)18-11-15-14-6-4-5-7-17(14)26-22(15)21(27-18)13-8-9-19(29)16(10-13)25(33)34-3/h4-10,12,18,20-21,26-27,29H,11H2,1-3H3,(H,28,30)(H,31,32)/t18-,20-,21+/m0/s1. The van der Waals surface area contributed by atoms with E-state index in [2.05, 4.69) is 15.6 Å². The molecule has 2 heterocycles. The second-order valence-corrected chi connectivity index (χ2v) is 8.76. The molecule has 0 radical (unpaired) electrons. The van der Waals surface area contributed by atoms with Gasteiger partial charge in [-0.05, 0) is 41.7 Å². The molecule has 4 rings (SSSR count). The number of amides is 1. The zero-order chi connectivity index (χ0) is 24.6. The molecule has 0 aliphatic carbocycles. The van der Waals surface area contributed by atoms with E-state index in [0.29, 0.717) is 12.0 Å². The molecule has 5 N–H and O–H groups in total. The summed E-state index contributed by atoms with van der Waals surface area (Å²) in [5, 5.41) is 26.6.